The van der Waals surface area contributed by atoms with E-state index in [2.05, 4.69) is 0 Å². The minimum absolute atomic E-state index is 0.0415. The Bertz CT molecular complexity index is 2100. The normalized spacial score (nSPS) is 10.7. The van der Waals surface area contributed by atoms with Crippen LogP contribution in [0.15, 0.2) is 155 Å². The molecule has 0 saturated heterocycles. The topological polar surface area (TPSA) is 119 Å². The van der Waals surface area contributed by atoms with Gasteiger partial charge in [0, 0.05) is 9.79 Å². The Labute approximate surface area is 286 Å². The number of hydrogen-bond acceptors (Lipinski definition) is 7. The molecule has 0 atom stereocenters. The van der Waals surface area contributed by atoms with Gasteiger partial charge >= 0.3 is 17.9 Å². The molecule has 0 aromatic heterocycles. The van der Waals surface area contributed by atoms with E-state index in [0.717, 1.165) is 26.5 Å². The molecular formula is C40H28O8S. The number of hydrogen-bond donors (Lipinski definition) is 2. The molecule has 49 heavy (non-hydrogen) atoms. The summed E-state index contributed by atoms with van der Waals surface area (Å²) in [7, 11) is 0. The molecule has 242 valence electrons. The zero-order chi connectivity index (χ0) is 34.2. The van der Waals surface area contributed by atoms with E-state index in [-0.39, 0.29) is 29.0 Å². The molecule has 0 heterocycles. The van der Waals surface area contributed by atoms with Crippen molar-refractivity contribution in [3.8, 4) is 33.8 Å². The molecule has 0 amide bonds. The number of benzene rings is 6. The van der Waals surface area contributed by atoms with Gasteiger partial charge in [-0.15, -0.1) is 0 Å². The highest BCUT2D eigenvalue weighted by Gasteiger charge is 2.20. The van der Waals surface area contributed by atoms with Crippen molar-refractivity contribution in [1.29, 1.82) is 0 Å². The molecule has 8 nitrogen and oxygen atoms in total. The first-order chi connectivity index (χ1) is 23.8. The first-order valence-electron chi connectivity index (χ1n) is 15.1. The lowest BCUT2D eigenvalue weighted by Gasteiger charge is -2.11. The second kappa shape index (κ2) is 15.2. The average Bonchev–Trinajstić information content (AvgIpc) is 3.13. The number of aromatic carboxylic acids is 2. The van der Waals surface area contributed by atoms with Crippen LogP contribution < -0.4 is 9.62 Å². The van der Waals surface area contributed by atoms with Crippen LogP contribution >= 0.6 is 11.8 Å². The summed E-state index contributed by atoms with van der Waals surface area (Å²) < 4.78 is 5.50. The lowest BCUT2D eigenvalue weighted by atomic mass is 9.99. The quantitative estimate of drug-likeness (QED) is 0.0569. The van der Waals surface area contributed by atoms with E-state index in [1.165, 1.54) is 23.9 Å². The zero-order valence-electron chi connectivity index (χ0n) is 25.8. The molecule has 6 rings (SSSR count). The first kappa shape index (κ1) is 32.8. The second-order valence-corrected chi connectivity index (χ2v) is 11.9. The molecule has 0 aliphatic heterocycles. The van der Waals surface area contributed by atoms with Crippen LogP contribution in [0.5, 0.6) is 11.5 Å². The van der Waals surface area contributed by atoms with Crippen molar-refractivity contribution in [1.82, 2.24) is 0 Å². The Morgan fingerprint density at radius 3 is 1.57 bits per heavy atom. The van der Waals surface area contributed by atoms with Crippen molar-refractivity contribution < 1.29 is 39.1 Å². The number of carbonyl (C=O) groups is 3. The van der Waals surface area contributed by atoms with Gasteiger partial charge in [-0.25, -0.2) is 14.4 Å². The van der Waals surface area contributed by atoms with Crippen molar-refractivity contribution >= 4 is 29.7 Å². The van der Waals surface area contributed by atoms with Crippen molar-refractivity contribution in [2.75, 3.05) is 0 Å². The van der Waals surface area contributed by atoms with Crippen LogP contribution in [0.25, 0.3) is 22.3 Å². The highest BCUT2D eigenvalue weighted by Crippen LogP contribution is 2.31. The summed E-state index contributed by atoms with van der Waals surface area (Å²) >= 11 is 1.47. The molecule has 6 aromatic carbocycles. The monoisotopic (exact) mass is 668 g/mol. The molecule has 0 radical (unpaired) electrons. The van der Waals surface area contributed by atoms with E-state index in [0.29, 0.717) is 16.9 Å². The third-order valence-corrected chi connectivity index (χ3v) is 8.50. The summed E-state index contributed by atoms with van der Waals surface area (Å²) in [5.74, 6) is -2.31. The summed E-state index contributed by atoms with van der Waals surface area (Å²) in [5, 5.41) is 19.5. The standard InChI is InChI=1S/C40H28O8S/c41-38(42)36-23-28(26-7-3-1-4-8-26)11-12-30(36)25-46-48-32-16-20-34(21-17-32)49-33-18-14-31(15-19-33)47-40(45)35-22-13-29(24-37(35)39(43)44)27-9-5-2-6-10-27/h1-24H,25H2,(H,41,42)(H,43,44). The van der Waals surface area contributed by atoms with Crippen LogP contribution in [0.4, 0.5) is 0 Å². The maximum absolute atomic E-state index is 12.9. The van der Waals surface area contributed by atoms with Crippen molar-refractivity contribution in [3.05, 3.63) is 168 Å². The Morgan fingerprint density at radius 1 is 0.510 bits per heavy atom. The molecule has 9 heteroatoms. The van der Waals surface area contributed by atoms with Gasteiger partial charge in [0.2, 0.25) is 0 Å². The fourth-order valence-corrected chi connectivity index (χ4v) is 5.84. The molecule has 0 saturated carbocycles. The van der Waals surface area contributed by atoms with Gasteiger partial charge in [0.1, 0.15) is 12.4 Å². The Kier molecular flexibility index (Phi) is 10.1. The average molecular weight is 669 g/mol. The van der Waals surface area contributed by atoms with Gasteiger partial charge in [0.15, 0.2) is 5.75 Å². The van der Waals surface area contributed by atoms with Gasteiger partial charge in [-0.1, -0.05) is 90.6 Å². The summed E-state index contributed by atoms with van der Waals surface area (Å²) in [6.45, 7) is -0.0548. The molecule has 6 aromatic rings. The number of carboxylic acid groups (broad SMARTS) is 2. The molecule has 0 spiro atoms. The smallest absolute Gasteiger partial charge is 0.344 e. The summed E-state index contributed by atoms with van der Waals surface area (Å²) in [5.41, 5.74) is 3.68. The summed E-state index contributed by atoms with van der Waals surface area (Å²) in [6.07, 6.45) is 0. The van der Waals surface area contributed by atoms with Crippen LogP contribution in [-0.4, -0.2) is 28.1 Å². The maximum Gasteiger partial charge on any atom is 0.344 e. The summed E-state index contributed by atoms with van der Waals surface area (Å²) in [4.78, 5) is 49.4. The Hall–Kier alpha value is -6.16. The van der Waals surface area contributed by atoms with Crippen molar-refractivity contribution in [3.63, 3.8) is 0 Å². The van der Waals surface area contributed by atoms with E-state index in [1.54, 1.807) is 54.6 Å². The van der Waals surface area contributed by atoms with Crippen molar-refractivity contribution in [2.24, 2.45) is 0 Å². The van der Waals surface area contributed by atoms with Crippen molar-refractivity contribution in [2.45, 2.75) is 16.4 Å². The lowest BCUT2D eigenvalue weighted by Crippen LogP contribution is -2.14. The Balaban J connectivity index is 1.03. The van der Waals surface area contributed by atoms with Crippen LogP contribution in [0.3, 0.4) is 0 Å². The molecule has 0 unspecified atom stereocenters. The Morgan fingerprint density at radius 2 is 1.02 bits per heavy atom. The predicted molar refractivity (Wildman–Crippen MR) is 185 cm³/mol. The number of ether oxygens (including phenoxy) is 1. The van der Waals surface area contributed by atoms with Crippen LogP contribution in [0.2, 0.25) is 0 Å². The minimum Gasteiger partial charge on any atom is -0.478 e. The predicted octanol–water partition coefficient (Wildman–Crippen LogP) is 9.30. The highest BCUT2D eigenvalue weighted by molar-refractivity contribution is 7.99. The maximum atomic E-state index is 12.9. The zero-order valence-corrected chi connectivity index (χ0v) is 26.6. The number of carboxylic acids is 2. The lowest BCUT2D eigenvalue weighted by molar-refractivity contribution is -0.217. The highest BCUT2D eigenvalue weighted by atomic mass is 32.2. The third kappa shape index (κ3) is 8.23. The largest absolute Gasteiger partial charge is 0.478 e. The molecule has 0 aliphatic carbocycles. The van der Waals surface area contributed by atoms with E-state index >= 15 is 0 Å². The minimum atomic E-state index is -1.22. The van der Waals surface area contributed by atoms with E-state index in [1.807, 2.05) is 78.9 Å². The SMILES string of the molecule is O=C(O)c1cc(-c2ccccc2)ccc1COOc1ccc(Sc2ccc(OC(=O)c3ccc(-c4ccccc4)cc3C(=O)O)cc2)cc1. The van der Waals surface area contributed by atoms with Crippen LogP contribution in [0.1, 0.15) is 36.6 Å². The van der Waals surface area contributed by atoms with Crippen LogP contribution in [-0.2, 0) is 11.5 Å². The number of rotatable bonds is 12. The van der Waals surface area contributed by atoms with Gasteiger partial charge in [-0.05, 0) is 94.5 Å². The van der Waals surface area contributed by atoms with E-state index in [4.69, 9.17) is 14.5 Å². The first-order valence-corrected chi connectivity index (χ1v) is 15.9. The number of carbonyl (C=O) groups excluding carboxylic acids is 1. The van der Waals surface area contributed by atoms with Crippen LogP contribution in [0, 0.1) is 0 Å². The van der Waals surface area contributed by atoms with Gasteiger partial charge < -0.3 is 19.8 Å². The van der Waals surface area contributed by atoms with Gasteiger partial charge in [0.05, 0.1) is 16.7 Å². The van der Waals surface area contributed by atoms with Gasteiger partial charge in [-0.3, -0.25) is 0 Å². The second-order valence-electron chi connectivity index (χ2n) is 10.8. The summed E-state index contributed by atoms with van der Waals surface area (Å²) in [6, 6.07) is 42.7. The van der Waals surface area contributed by atoms with Gasteiger partial charge in [0.25, 0.3) is 0 Å². The number of esters is 1. The molecule has 0 aliphatic rings. The third-order valence-electron chi connectivity index (χ3n) is 7.49. The molecular weight excluding hydrogens is 640 g/mol. The molecule has 2 N–H and O–H groups in total. The van der Waals surface area contributed by atoms with E-state index in [9.17, 15) is 24.6 Å². The van der Waals surface area contributed by atoms with E-state index < -0.39 is 17.9 Å². The van der Waals surface area contributed by atoms with Gasteiger partial charge in [-0.2, -0.15) is 4.89 Å². The fraction of sp³-hybridized carbons (Fsp3) is 0.0250. The fourth-order valence-electron chi connectivity index (χ4n) is 5.02. The molecule has 0 bridgehead atoms. The molecule has 0 fully saturated rings.